The van der Waals surface area contributed by atoms with Gasteiger partial charge in [-0.3, -0.25) is 0 Å². The predicted molar refractivity (Wildman–Crippen MR) is 24.0 cm³/mol. The summed E-state index contributed by atoms with van der Waals surface area (Å²) in [5, 5.41) is 1.78. The van der Waals surface area contributed by atoms with Gasteiger partial charge in [0.05, 0.1) is 0 Å². The highest BCUT2D eigenvalue weighted by Gasteiger charge is 1.93. The van der Waals surface area contributed by atoms with Crippen LogP contribution in [0.2, 0.25) is 0 Å². The van der Waals surface area contributed by atoms with Gasteiger partial charge >= 0.3 is 0 Å². The maximum Gasteiger partial charge on any atom is 0.181 e. The highest BCUT2D eigenvalue weighted by molar-refractivity contribution is 4.75. The molecule has 0 aliphatic carbocycles. The lowest BCUT2D eigenvalue weighted by molar-refractivity contribution is 0.297. The van der Waals surface area contributed by atoms with Crippen molar-refractivity contribution in [3.63, 3.8) is 0 Å². The number of rotatable bonds is 2. The van der Waals surface area contributed by atoms with Crippen LogP contribution in [0.3, 0.4) is 0 Å². The van der Waals surface area contributed by atoms with E-state index in [2.05, 4.69) is 6.58 Å². The molecule has 0 heterocycles. The van der Waals surface area contributed by atoms with E-state index in [0.717, 1.165) is 0 Å². The van der Waals surface area contributed by atoms with Crippen molar-refractivity contribution in [3.05, 3.63) is 12.5 Å². The van der Waals surface area contributed by atoms with E-state index in [1.807, 2.05) is 0 Å². The van der Waals surface area contributed by atoms with Gasteiger partial charge in [-0.2, -0.15) is 4.39 Å². The lowest BCUT2D eigenvalue weighted by atomic mass is 10.7. The van der Waals surface area contributed by atoms with Gasteiger partial charge in [0.25, 0.3) is 0 Å². The second kappa shape index (κ2) is 2.55. The largest absolute Gasteiger partial charge is 0.333 e. The summed E-state index contributed by atoms with van der Waals surface area (Å²) in [6.07, 6.45) is -1.35. The molecule has 0 aromatic rings. The molecule has 0 radical (unpaired) electrons. The molecule has 0 bridgehead atoms. The fourth-order valence-electron chi connectivity index (χ4n) is 0.216. The molecule has 0 spiro atoms. The Bertz CT molecular complexity index is 70.1. The molecule has 0 fully saturated rings. The Hall–Kier alpha value is -0.600. The number of hydrogen-bond donors (Lipinski definition) is 1. The molecule has 1 atom stereocenters. The van der Waals surface area contributed by atoms with Gasteiger partial charge in [-0.05, 0) is 13.5 Å². The van der Waals surface area contributed by atoms with Crippen molar-refractivity contribution in [1.82, 2.24) is 5.32 Å². The van der Waals surface area contributed by atoms with Gasteiger partial charge < -0.3 is 5.32 Å². The molecule has 42 valence electrons. The Morgan fingerprint density at radius 2 is 2.29 bits per heavy atom. The zero-order chi connectivity index (χ0) is 5.86. The zero-order valence-electron chi connectivity index (χ0n) is 4.04. The van der Waals surface area contributed by atoms with Crippen LogP contribution in [0.4, 0.5) is 8.78 Å². The van der Waals surface area contributed by atoms with E-state index in [1.54, 1.807) is 5.32 Å². The molecule has 0 rings (SSSR count). The smallest absolute Gasteiger partial charge is 0.181 e. The number of nitrogens with one attached hydrogen (secondary N) is 1. The molecule has 0 amide bonds. The highest BCUT2D eigenvalue weighted by atomic mass is 19.2. The zero-order valence-corrected chi connectivity index (χ0v) is 4.04. The molecular weight excluding hydrogens is 100 g/mol. The molecule has 0 aliphatic heterocycles. The molecule has 0 aromatic carbocycles. The van der Waals surface area contributed by atoms with Crippen LogP contribution in [0.5, 0.6) is 0 Å². The average Bonchev–Trinajstić information content (AvgIpc) is 1.27. The summed E-state index contributed by atoms with van der Waals surface area (Å²) in [4.78, 5) is 0. The fourth-order valence-corrected chi connectivity index (χ4v) is 0.216. The molecule has 3 heteroatoms. The maximum atomic E-state index is 11.5. The van der Waals surface area contributed by atoms with Gasteiger partial charge in [0.15, 0.2) is 12.2 Å². The molecule has 1 nitrogen and oxygen atoms in total. The molecule has 0 saturated heterocycles. The van der Waals surface area contributed by atoms with Crippen molar-refractivity contribution in [2.75, 3.05) is 0 Å². The Morgan fingerprint density at radius 1 is 1.86 bits per heavy atom. The Morgan fingerprint density at radius 3 is 2.29 bits per heavy atom. The summed E-state index contributed by atoms with van der Waals surface area (Å²) >= 11 is 0. The Kier molecular flexibility index (Phi) is 2.33. The van der Waals surface area contributed by atoms with Crippen molar-refractivity contribution in [2.45, 2.75) is 13.2 Å². The lowest BCUT2D eigenvalue weighted by Crippen LogP contribution is -2.17. The lowest BCUT2D eigenvalue weighted by Gasteiger charge is -1.99. The van der Waals surface area contributed by atoms with Crippen LogP contribution in [-0.2, 0) is 0 Å². The average molecular weight is 107 g/mol. The van der Waals surface area contributed by atoms with Crippen LogP contribution in [0.25, 0.3) is 0 Å². The van der Waals surface area contributed by atoms with E-state index >= 15 is 0 Å². The summed E-state index contributed by atoms with van der Waals surface area (Å²) in [7, 11) is 0. The van der Waals surface area contributed by atoms with E-state index in [1.165, 1.54) is 6.92 Å². The molecule has 7 heavy (non-hydrogen) atoms. The maximum absolute atomic E-state index is 11.5. The van der Waals surface area contributed by atoms with E-state index in [9.17, 15) is 8.78 Å². The number of halogens is 2. The first-order chi connectivity index (χ1) is 3.13. The van der Waals surface area contributed by atoms with Crippen molar-refractivity contribution < 1.29 is 8.78 Å². The molecule has 0 aromatic heterocycles. The van der Waals surface area contributed by atoms with Gasteiger partial charge in [0.1, 0.15) is 0 Å². The van der Waals surface area contributed by atoms with Gasteiger partial charge in [-0.25, -0.2) is 4.39 Å². The summed E-state index contributed by atoms with van der Waals surface area (Å²) < 4.78 is 22.9. The number of alkyl halides is 1. The van der Waals surface area contributed by atoms with Crippen molar-refractivity contribution in [1.29, 1.82) is 0 Å². The van der Waals surface area contributed by atoms with Gasteiger partial charge in [-0.1, -0.05) is 0 Å². The second-order valence-corrected chi connectivity index (χ2v) is 1.17. The fraction of sp³-hybridized carbons (Fsp3) is 0.500. The van der Waals surface area contributed by atoms with Crippen LogP contribution in [0, 0.1) is 0 Å². The van der Waals surface area contributed by atoms with Crippen molar-refractivity contribution >= 4 is 0 Å². The van der Waals surface area contributed by atoms with E-state index < -0.39 is 12.2 Å². The molecule has 0 saturated carbocycles. The van der Waals surface area contributed by atoms with Gasteiger partial charge in [-0.15, -0.1) is 0 Å². The molecular formula is C4H7F2N. The van der Waals surface area contributed by atoms with Crippen molar-refractivity contribution in [2.24, 2.45) is 0 Å². The summed E-state index contributed by atoms with van der Waals surface area (Å²) in [6.45, 7) is 3.96. The van der Waals surface area contributed by atoms with Gasteiger partial charge in [0.2, 0.25) is 0 Å². The minimum absolute atomic E-state index is 0.838. The van der Waals surface area contributed by atoms with E-state index in [-0.39, 0.29) is 0 Å². The Labute approximate surface area is 41.0 Å². The molecule has 0 aliphatic rings. The molecule has 1 unspecified atom stereocenters. The summed E-state index contributed by atoms with van der Waals surface area (Å²) in [5.74, 6) is -0.838. The van der Waals surface area contributed by atoms with Crippen LogP contribution in [0.15, 0.2) is 12.5 Å². The third-order valence-corrected chi connectivity index (χ3v) is 0.356. The number of hydrogen-bond acceptors (Lipinski definition) is 1. The second-order valence-electron chi connectivity index (χ2n) is 1.17. The quantitative estimate of drug-likeness (QED) is 0.525. The van der Waals surface area contributed by atoms with Crippen LogP contribution < -0.4 is 5.32 Å². The van der Waals surface area contributed by atoms with E-state index in [0.29, 0.717) is 0 Å². The van der Waals surface area contributed by atoms with Crippen molar-refractivity contribution in [3.8, 4) is 0 Å². The third-order valence-electron chi connectivity index (χ3n) is 0.356. The standard InChI is InChI=1S/C4H7F2N/c1-3(5)7-4(2)6/h4,7H,1H2,2H3. The third kappa shape index (κ3) is 5.40. The molecule has 1 N–H and O–H groups in total. The minimum Gasteiger partial charge on any atom is -0.333 e. The van der Waals surface area contributed by atoms with Crippen LogP contribution >= 0.6 is 0 Å². The van der Waals surface area contributed by atoms with Crippen LogP contribution in [0.1, 0.15) is 6.92 Å². The first-order valence-electron chi connectivity index (χ1n) is 1.88. The summed E-state index contributed by atoms with van der Waals surface area (Å²) in [6, 6.07) is 0. The topological polar surface area (TPSA) is 12.0 Å². The van der Waals surface area contributed by atoms with Crippen LogP contribution in [-0.4, -0.2) is 6.30 Å². The van der Waals surface area contributed by atoms with Gasteiger partial charge in [0, 0.05) is 0 Å². The Balaban J connectivity index is 3.13. The first-order valence-corrected chi connectivity index (χ1v) is 1.88. The minimum atomic E-state index is -1.35. The van der Waals surface area contributed by atoms with E-state index in [4.69, 9.17) is 0 Å². The SMILES string of the molecule is C=C(F)NC(C)F. The normalized spacial score (nSPS) is 13.0. The highest BCUT2D eigenvalue weighted by Crippen LogP contribution is 1.88. The predicted octanol–water partition coefficient (Wildman–Crippen LogP) is 1.33. The first kappa shape index (κ1) is 6.40. The monoisotopic (exact) mass is 107 g/mol. The summed E-state index contributed by atoms with van der Waals surface area (Å²) in [5.41, 5.74) is 0.